The molecule has 2 aromatic rings. The van der Waals surface area contributed by atoms with Gasteiger partial charge in [-0.25, -0.2) is 23.5 Å². The van der Waals surface area contributed by atoms with Crippen molar-refractivity contribution in [1.82, 2.24) is 9.97 Å². The molecule has 2 N–H and O–H groups in total. The topological polar surface area (TPSA) is 70.2 Å². The lowest BCUT2D eigenvalue weighted by Crippen LogP contribution is -2.34. The average molecular weight is 347 g/mol. The van der Waals surface area contributed by atoms with Gasteiger partial charge in [-0.15, -0.1) is 0 Å². The fourth-order valence-electron chi connectivity index (χ4n) is 2.62. The van der Waals surface area contributed by atoms with Gasteiger partial charge in [0.2, 0.25) is 5.95 Å². The Hall–Kier alpha value is -2.77. The first-order valence-corrected chi connectivity index (χ1v) is 8.11. The molecule has 0 saturated carbocycles. The number of carbonyl (C=O) groups is 1. The van der Waals surface area contributed by atoms with Gasteiger partial charge in [-0.1, -0.05) is 6.92 Å². The van der Waals surface area contributed by atoms with Gasteiger partial charge in [0, 0.05) is 24.8 Å². The van der Waals surface area contributed by atoms with E-state index in [0.717, 1.165) is 44.0 Å². The second-order valence-electron chi connectivity index (χ2n) is 6.15. The van der Waals surface area contributed by atoms with E-state index in [9.17, 15) is 13.6 Å². The molecule has 0 bridgehead atoms. The predicted molar refractivity (Wildman–Crippen MR) is 91.6 cm³/mol. The Kier molecular flexibility index (Phi) is 5.06. The largest absolute Gasteiger partial charge is 0.341 e. The SMILES string of the molecule is CC1CCN(c2ncc(NC(=O)Nc3ccc(F)c(F)c3)cn2)CC1. The molecule has 3 rings (SSSR count). The van der Waals surface area contributed by atoms with E-state index in [1.807, 2.05) is 0 Å². The van der Waals surface area contributed by atoms with Gasteiger partial charge in [0.05, 0.1) is 18.1 Å². The van der Waals surface area contributed by atoms with Crippen LogP contribution in [0.3, 0.4) is 0 Å². The Labute approximate surface area is 144 Å². The van der Waals surface area contributed by atoms with Crippen LogP contribution in [0, 0.1) is 17.6 Å². The van der Waals surface area contributed by atoms with Crippen molar-refractivity contribution in [2.24, 2.45) is 5.92 Å². The third-order valence-electron chi connectivity index (χ3n) is 4.14. The molecule has 0 spiro atoms. The zero-order valence-electron chi connectivity index (χ0n) is 13.8. The van der Waals surface area contributed by atoms with Crippen LogP contribution in [-0.4, -0.2) is 29.1 Å². The van der Waals surface area contributed by atoms with Crippen molar-refractivity contribution < 1.29 is 13.6 Å². The van der Waals surface area contributed by atoms with Crippen LogP contribution in [-0.2, 0) is 0 Å². The van der Waals surface area contributed by atoms with Crippen molar-refractivity contribution in [2.45, 2.75) is 19.8 Å². The van der Waals surface area contributed by atoms with Gasteiger partial charge < -0.3 is 15.5 Å². The van der Waals surface area contributed by atoms with E-state index in [1.165, 1.54) is 18.5 Å². The van der Waals surface area contributed by atoms with Gasteiger partial charge >= 0.3 is 6.03 Å². The zero-order valence-corrected chi connectivity index (χ0v) is 13.8. The molecular formula is C17H19F2N5O. The number of nitrogens with zero attached hydrogens (tertiary/aromatic N) is 3. The Balaban J connectivity index is 1.57. The van der Waals surface area contributed by atoms with Crippen LogP contribution in [0.25, 0.3) is 0 Å². The number of aromatic nitrogens is 2. The third kappa shape index (κ3) is 4.40. The number of hydrogen-bond acceptors (Lipinski definition) is 4. The summed E-state index contributed by atoms with van der Waals surface area (Å²) in [7, 11) is 0. The van der Waals surface area contributed by atoms with Crippen molar-refractivity contribution in [3.63, 3.8) is 0 Å². The highest BCUT2D eigenvalue weighted by Crippen LogP contribution is 2.20. The first-order chi connectivity index (χ1) is 12.0. The quantitative estimate of drug-likeness (QED) is 0.889. The molecule has 25 heavy (non-hydrogen) atoms. The number of carbonyl (C=O) groups excluding carboxylic acids is 1. The molecule has 0 atom stereocenters. The molecule has 2 heterocycles. The summed E-state index contributed by atoms with van der Waals surface area (Å²) in [5, 5.41) is 4.97. The third-order valence-corrected chi connectivity index (χ3v) is 4.14. The van der Waals surface area contributed by atoms with Crippen LogP contribution >= 0.6 is 0 Å². The Morgan fingerprint density at radius 1 is 1.08 bits per heavy atom. The lowest BCUT2D eigenvalue weighted by Gasteiger charge is -2.30. The number of benzene rings is 1. The maximum atomic E-state index is 13.1. The summed E-state index contributed by atoms with van der Waals surface area (Å²) in [5.74, 6) is -0.640. The van der Waals surface area contributed by atoms with Gasteiger partial charge in [0.15, 0.2) is 11.6 Å². The second kappa shape index (κ2) is 7.42. The van der Waals surface area contributed by atoms with Crippen LogP contribution in [0.15, 0.2) is 30.6 Å². The molecule has 0 radical (unpaired) electrons. The van der Waals surface area contributed by atoms with Gasteiger partial charge in [0.25, 0.3) is 0 Å². The lowest BCUT2D eigenvalue weighted by molar-refractivity contribution is 0.262. The summed E-state index contributed by atoms with van der Waals surface area (Å²) in [6.07, 6.45) is 5.26. The van der Waals surface area contributed by atoms with E-state index >= 15 is 0 Å². The average Bonchev–Trinajstić information content (AvgIpc) is 2.60. The molecule has 0 aliphatic carbocycles. The fraction of sp³-hybridized carbons (Fsp3) is 0.353. The summed E-state index contributed by atoms with van der Waals surface area (Å²) >= 11 is 0. The molecule has 1 aliphatic heterocycles. The minimum absolute atomic E-state index is 0.149. The maximum Gasteiger partial charge on any atom is 0.323 e. The molecule has 2 amide bonds. The number of amides is 2. The van der Waals surface area contributed by atoms with Gasteiger partial charge in [-0.3, -0.25) is 0 Å². The number of hydrogen-bond donors (Lipinski definition) is 2. The van der Waals surface area contributed by atoms with Crippen molar-refractivity contribution in [3.05, 3.63) is 42.2 Å². The smallest absolute Gasteiger partial charge is 0.323 e. The first kappa shape index (κ1) is 17.1. The zero-order chi connectivity index (χ0) is 17.8. The minimum Gasteiger partial charge on any atom is -0.341 e. The highest BCUT2D eigenvalue weighted by molar-refractivity contribution is 5.99. The van der Waals surface area contributed by atoms with E-state index in [4.69, 9.17) is 0 Å². The predicted octanol–water partition coefficient (Wildman–Crippen LogP) is 3.64. The number of nitrogens with one attached hydrogen (secondary N) is 2. The highest BCUT2D eigenvalue weighted by atomic mass is 19.2. The molecule has 132 valence electrons. The van der Waals surface area contributed by atoms with E-state index in [-0.39, 0.29) is 5.69 Å². The molecule has 0 unspecified atom stereocenters. The van der Waals surface area contributed by atoms with Crippen LogP contribution in [0.2, 0.25) is 0 Å². The standard InChI is InChI=1S/C17H19F2N5O/c1-11-4-6-24(7-5-11)16-20-9-13(10-21-16)23-17(25)22-12-2-3-14(18)15(19)8-12/h2-3,8-11H,4-7H2,1H3,(H2,22,23,25). The van der Waals surface area contributed by atoms with Crippen molar-refractivity contribution in [2.75, 3.05) is 28.6 Å². The van der Waals surface area contributed by atoms with Crippen molar-refractivity contribution in [3.8, 4) is 0 Å². The Morgan fingerprint density at radius 2 is 1.72 bits per heavy atom. The van der Waals surface area contributed by atoms with Gasteiger partial charge in [0.1, 0.15) is 0 Å². The monoisotopic (exact) mass is 347 g/mol. The lowest BCUT2D eigenvalue weighted by atomic mass is 10.00. The van der Waals surface area contributed by atoms with Crippen LogP contribution in [0.1, 0.15) is 19.8 Å². The van der Waals surface area contributed by atoms with Crippen LogP contribution in [0.5, 0.6) is 0 Å². The summed E-state index contributed by atoms with van der Waals surface area (Å²) in [5.41, 5.74) is 0.561. The molecule has 1 saturated heterocycles. The molecular weight excluding hydrogens is 328 g/mol. The van der Waals surface area contributed by atoms with Crippen molar-refractivity contribution >= 4 is 23.4 Å². The molecule has 1 aromatic heterocycles. The molecule has 1 aromatic carbocycles. The van der Waals surface area contributed by atoms with Crippen LogP contribution in [0.4, 0.5) is 30.9 Å². The number of urea groups is 1. The number of halogens is 2. The molecule has 1 aliphatic rings. The highest BCUT2D eigenvalue weighted by Gasteiger charge is 2.17. The molecule has 8 heteroatoms. The van der Waals surface area contributed by atoms with Gasteiger partial charge in [-0.2, -0.15) is 0 Å². The maximum absolute atomic E-state index is 13.1. The summed E-state index contributed by atoms with van der Waals surface area (Å²) in [4.78, 5) is 22.6. The molecule has 1 fully saturated rings. The number of anilines is 3. The summed E-state index contributed by atoms with van der Waals surface area (Å²) in [6, 6.07) is 2.54. The number of rotatable bonds is 3. The van der Waals surface area contributed by atoms with E-state index in [0.29, 0.717) is 11.6 Å². The minimum atomic E-state index is -1.03. The fourth-order valence-corrected chi connectivity index (χ4v) is 2.62. The van der Waals surface area contributed by atoms with E-state index in [1.54, 1.807) is 0 Å². The summed E-state index contributed by atoms with van der Waals surface area (Å²) < 4.78 is 26.0. The molecule has 6 nitrogen and oxygen atoms in total. The Morgan fingerprint density at radius 3 is 2.36 bits per heavy atom. The second-order valence-corrected chi connectivity index (χ2v) is 6.15. The Bertz CT molecular complexity index is 745. The van der Waals surface area contributed by atoms with Crippen molar-refractivity contribution in [1.29, 1.82) is 0 Å². The number of piperidine rings is 1. The first-order valence-electron chi connectivity index (χ1n) is 8.11. The van der Waals surface area contributed by atoms with Gasteiger partial charge in [-0.05, 0) is 30.9 Å². The normalized spacial score (nSPS) is 15.1. The van der Waals surface area contributed by atoms with Crippen LogP contribution < -0.4 is 15.5 Å². The van der Waals surface area contributed by atoms with E-state index < -0.39 is 17.7 Å². The summed E-state index contributed by atoms with van der Waals surface area (Å²) in [6.45, 7) is 4.08. The van der Waals surface area contributed by atoms with E-state index in [2.05, 4.69) is 32.4 Å².